The Hall–Kier alpha value is -1.96. The molecular formula is C15H17NO. The lowest BCUT2D eigenvalue weighted by atomic mass is 10.1. The Labute approximate surface area is 102 Å². The van der Waals surface area contributed by atoms with Crippen LogP contribution in [0.2, 0.25) is 0 Å². The number of rotatable bonds is 3. The monoisotopic (exact) mass is 227 g/mol. The molecule has 0 saturated heterocycles. The maximum Gasteiger partial charge on any atom is 0.115 e. The summed E-state index contributed by atoms with van der Waals surface area (Å²) in [5, 5.41) is 12.7. The van der Waals surface area contributed by atoms with Crippen LogP contribution in [-0.4, -0.2) is 5.11 Å². The van der Waals surface area contributed by atoms with Crippen molar-refractivity contribution in [3.8, 4) is 5.75 Å². The molecule has 0 heterocycles. The minimum absolute atomic E-state index is 0.310. The summed E-state index contributed by atoms with van der Waals surface area (Å²) in [6.07, 6.45) is 0. The van der Waals surface area contributed by atoms with Crippen molar-refractivity contribution in [3.05, 3.63) is 59.2 Å². The summed E-state index contributed by atoms with van der Waals surface area (Å²) >= 11 is 0. The first kappa shape index (κ1) is 11.5. The molecule has 0 aliphatic rings. The molecule has 2 aromatic rings. The fraction of sp³-hybridized carbons (Fsp3) is 0.200. The third-order valence-electron chi connectivity index (χ3n) is 2.91. The second-order valence-electron chi connectivity index (χ2n) is 4.32. The maximum absolute atomic E-state index is 9.36. The van der Waals surface area contributed by atoms with Crippen LogP contribution in [0.1, 0.15) is 16.7 Å². The number of nitrogens with one attached hydrogen (secondary N) is 1. The first-order valence-electron chi connectivity index (χ1n) is 5.74. The number of hydrogen-bond donors (Lipinski definition) is 2. The maximum atomic E-state index is 9.36. The average Bonchev–Trinajstić information content (AvgIpc) is 2.31. The molecule has 0 radical (unpaired) electrons. The molecule has 2 N–H and O–H groups in total. The van der Waals surface area contributed by atoms with Gasteiger partial charge in [-0.1, -0.05) is 18.2 Å². The Bertz CT molecular complexity index is 520. The molecule has 0 bridgehead atoms. The topological polar surface area (TPSA) is 32.3 Å². The molecule has 2 nitrogen and oxygen atoms in total. The van der Waals surface area contributed by atoms with Crippen LogP contribution in [0.5, 0.6) is 5.75 Å². The Kier molecular flexibility index (Phi) is 3.33. The second-order valence-corrected chi connectivity index (χ2v) is 4.32. The molecule has 88 valence electrons. The van der Waals surface area contributed by atoms with Crippen molar-refractivity contribution < 1.29 is 5.11 Å². The minimum atomic E-state index is 0.310. The lowest BCUT2D eigenvalue weighted by Crippen LogP contribution is -1.99. The highest BCUT2D eigenvalue weighted by molar-refractivity contribution is 5.48. The molecule has 0 unspecified atom stereocenters. The summed E-state index contributed by atoms with van der Waals surface area (Å²) in [5.41, 5.74) is 4.76. The number of phenolic OH excluding ortho intramolecular Hbond substituents is 1. The van der Waals surface area contributed by atoms with Gasteiger partial charge in [0.2, 0.25) is 0 Å². The highest BCUT2D eigenvalue weighted by atomic mass is 16.3. The summed E-state index contributed by atoms with van der Waals surface area (Å²) in [6, 6.07) is 13.6. The van der Waals surface area contributed by atoms with Crippen LogP contribution in [0.25, 0.3) is 0 Å². The van der Waals surface area contributed by atoms with Crippen LogP contribution in [0.3, 0.4) is 0 Å². The zero-order chi connectivity index (χ0) is 12.3. The molecule has 2 rings (SSSR count). The molecule has 0 saturated carbocycles. The molecule has 2 heteroatoms. The number of benzene rings is 2. The van der Waals surface area contributed by atoms with E-state index in [4.69, 9.17) is 0 Å². The highest BCUT2D eigenvalue weighted by Gasteiger charge is 1.97. The largest absolute Gasteiger partial charge is 0.508 e. The number of phenols is 1. The highest BCUT2D eigenvalue weighted by Crippen LogP contribution is 2.16. The smallest absolute Gasteiger partial charge is 0.115 e. The number of aromatic hydroxyl groups is 1. The van der Waals surface area contributed by atoms with Gasteiger partial charge < -0.3 is 10.4 Å². The van der Waals surface area contributed by atoms with E-state index in [9.17, 15) is 5.11 Å². The van der Waals surface area contributed by atoms with Gasteiger partial charge in [0.15, 0.2) is 0 Å². The van der Waals surface area contributed by atoms with Crippen molar-refractivity contribution in [2.24, 2.45) is 0 Å². The lowest BCUT2D eigenvalue weighted by molar-refractivity contribution is 0.474. The zero-order valence-electron chi connectivity index (χ0n) is 10.2. The summed E-state index contributed by atoms with van der Waals surface area (Å²) in [5.74, 6) is 0.310. The molecule has 0 aliphatic heterocycles. The third kappa shape index (κ3) is 3.00. The van der Waals surface area contributed by atoms with E-state index in [2.05, 4.69) is 37.4 Å². The molecule has 2 aromatic carbocycles. The molecule has 0 aromatic heterocycles. The van der Waals surface area contributed by atoms with Gasteiger partial charge in [-0.05, 0) is 54.8 Å². The Balaban J connectivity index is 2.05. The molecule has 17 heavy (non-hydrogen) atoms. The van der Waals surface area contributed by atoms with Gasteiger partial charge in [-0.3, -0.25) is 0 Å². The van der Waals surface area contributed by atoms with Gasteiger partial charge in [0, 0.05) is 12.2 Å². The summed E-state index contributed by atoms with van der Waals surface area (Å²) in [6.45, 7) is 4.93. The van der Waals surface area contributed by atoms with Crippen molar-refractivity contribution in [1.29, 1.82) is 0 Å². The number of aryl methyl sites for hydroxylation is 2. The van der Waals surface area contributed by atoms with E-state index < -0.39 is 0 Å². The van der Waals surface area contributed by atoms with Gasteiger partial charge in [0.05, 0.1) is 0 Å². The van der Waals surface area contributed by atoms with Crippen LogP contribution >= 0.6 is 0 Å². The van der Waals surface area contributed by atoms with Gasteiger partial charge in [-0.25, -0.2) is 0 Å². The molecule has 0 aliphatic carbocycles. The molecule has 0 amide bonds. The molecule has 0 fully saturated rings. The Morgan fingerprint density at radius 1 is 1.00 bits per heavy atom. The van der Waals surface area contributed by atoms with Crippen molar-refractivity contribution in [1.82, 2.24) is 0 Å². The van der Waals surface area contributed by atoms with Crippen molar-refractivity contribution in [2.75, 3.05) is 5.32 Å². The predicted molar refractivity (Wildman–Crippen MR) is 71.3 cm³/mol. The fourth-order valence-electron chi connectivity index (χ4n) is 1.72. The first-order valence-corrected chi connectivity index (χ1v) is 5.74. The quantitative estimate of drug-likeness (QED) is 0.839. The van der Waals surface area contributed by atoms with E-state index in [1.54, 1.807) is 12.1 Å². The van der Waals surface area contributed by atoms with E-state index in [1.807, 2.05) is 12.1 Å². The molecule has 0 spiro atoms. The number of hydrogen-bond acceptors (Lipinski definition) is 2. The van der Waals surface area contributed by atoms with Gasteiger partial charge in [-0.2, -0.15) is 0 Å². The van der Waals surface area contributed by atoms with Crippen molar-refractivity contribution >= 4 is 5.69 Å². The van der Waals surface area contributed by atoms with Gasteiger partial charge in [0.25, 0.3) is 0 Å². The van der Waals surface area contributed by atoms with Crippen LogP contribution < -0.4 is 5.32 Å². The van der Waals surface area contributed by atoms with E-state index in [-0.39, 0.29) is 0 Å². The average molecular weight is 227 g/mol. The van der Waals surface area contributed by atoms with E-state index in [0.29, 0.717) is 5.75 Å². The first-order chi connectivity index (χ1) is 8.15. The summed E-state index contributed by atoms with van der Waals surface area (Å²) in [7, 11) is 0. The molecule has 0 atom stereocenters. The standard InChI is InChI=1S/C15H17NO/c1-11-6-7-14(8-12(11)2)16-10-13-4-3-5-15(17)9-13/h3-9,16-17H,10H2,1-2H3. The summed E-state index contributed by atoms with van der Waals surface area (Å²) in [4.78, 5) is 0. The van der Waals surface area contributed by atoms with E-state index >= 15 is 0 Å². The van der Waals surface area contributed by atoms with Crippen LogP contribution in [0.4, 0.5) is 5.69 Å². The normalized spacial score (nSPS) is 10.2. The van der Waals surface area contributed by atoms with E-state index in [0.717, 1.165) is 17.8 Å². The van der Waals surface area contributed by atoms with Crippen LogP contribution in [-0.2, 0) is 6.54 Å². The van der Waals surface area contributed by atoms with Gasteiger partial charge in [-0.15, -0.1) is 0 Å². The third-order valence-corrected chi connectivity index (χ3v) is 2.91. The van der Waals surface area contributed by atoms with Crippen molar-refractivity contribution in [2.45, 2.75) is 20.4 Å². The number of anilines is 1. The van der Waals surface area contributed by atoms with Crippen LogP contribution in [0, 0.1) is 13.8 Å². The minimum Gasteiger partial charge on any atom is -0.508 e. The fourth-order valence-corrected chi connectivity index (χ4v) is 1.72. The van der Waals surface area contributed by atoms with Gasteiger partial charge >= 0.3 is 0 Å². The summed E-state index contributed by atoms with van der Waals surface area (Å²) < 4.78 is 0. The Morgan fingerprint density at radius 2 is 1.82 bits per heavy atom. The molecular weight excluding hydrogens is 210 g/mol. The lowest BCUT2D eigenvalue weighted by Gasteiger charge is -2.09. The van der Waals surface area contributed by atoms with Crippen LogP contribution in [0.15, 0.2) is 42.5 Å². The predicted octanol–water partition coefficient (Wildman–Crippen LogP) is 3.62. The SMILES string of the molecule is Cc1ccc(NCc2cccc(O)c2)cc1C. The zero-order valence-corrected chi connectivity index (χ0v) is 10.2. The second kappa shape index (κ2) is 4.91. The Morgan fingerprint density at radius 3 is 2.53 bits per heavy atom. The van der Waals surface area contributed by atoms with E-state index in [1.165, 1.54) is 11.1 Å². The van der Waals surface area contributed by atoms with Gasteiger partial charge in [0.1, 0.15) is 5.75 Å². The van der Waals surface area contributed by atoms with Crippen molar-refractivity contribution in [3.63, 3.8) is 0 Å².